The average Bonchev–Trinajstić information content (AvgIpc) is 2.57. The van der Waals surface area contributed by atoms with Crippen LogP contribution in [0.3, 0.4) is 0 Å². The minimum atomic E-state index is -0.0229. The van der Waals surface area contributed by atoms with Crippen LogP contribution in [-0.2, 0) is 0 Å². The van der Waals surface area contributed by atoms with Gasteiger partial charge in [-0.1, -0.05) is 102 Å². The summed E-state index contributed by atoms with van der Waals surface area (Å²) in [7, 11) is 2.88. The predicted octanol–water partition coefficient (Wildman–Crippen LogP) is 7.27. The molecule has 138 valence electrons. The van der Waals surface area contributed by atoms with Gasteiger partial charge in [0, 0.05) is 10.8 Å². The quantitative estimate of drug-likeness (QED) is 0.234. The van der Waals surface area contributed by atoms with Gasteiger partial charge in [-0.25, -0.2) is 8.80 Å². The van der Waals surface area contributed by atoms with Crippen molar-refractivity contribution in [3.05, 3.63) is 71.8 Å². The molecule has 0 spiro atoms. The van der Waals surface area contributed by atoms with Crippen molar-refractivity contribution in [1.82, 2.24) is 0 Å². The van der Waals surface area contributed by atoms with E-state index in [0.29, 0.717) is 0 Å². The Bertz CT molecular complexity index is 685. The maximum atomic E-state index is 4.80. The first-order valence-corrected chi connectivity index (χ1v) is 10.9. The Morgan fingerprint density at radius 2 is 0.885 bits per heavy atom. The van der Waals surface area contributed by atoms with Crippen molar-refractivity contribution >= 4 is 33.4 Å². The van der Waals surface area contributed by atoms with Crippen LogP contribution < -0.4 is 0 Å². The van der Waals surface area contributed by atoms with Gasteiger partial charge in [-0.05, 0) is 11.1 Å². The molecule has 0 saturated heterocycles. The maximum absolute atomic E-state index is 4.80. The molecule has 26 heavy (non-hydrogen) atoms. The largest absolute Gasteiger partial charge is 0.207 e. The van der Waals surface area contributed by atoms with Gasteiger partial charge in [0.05, 0.1) is 33.4 Å². The number of nitrogens with zero attached hydrogens (tertiary/aromatic N) is 2. The van der Waals surface area contributed by atoms with Gasteiger partial charge >= 0.3 is 0 Å². The summed E-state index contributed by atoms with van der Waals surface area (Å²) in [5.74, 6) is 0. The molecule has 0 fully saturated rings. The van der Waals surface area contributed by atoms with Crippen molar-refractivity contribution in [2.24, 2.45) is 19.6 Å². The fourth-order valence-corrected chi connectivity index (χ4v) is 4.17. The zero-order chi connectivity index (χ0) is 19.2. The molecule has 2 nitrogen and oxygen atoms in total. The monoisotopic (exact) mass is 384 g/mol. The van der Waals surface area contributed by atoms with Crippen molar-refractivity contribution < 1.29 is 0 Å². The van der Waals surface area contributed by atoms with E-state index in [-0.39, 0.29) is 10.8 Å². The smallest absolute Gasteiger partial charge is 0.0685 e. The molecule has 0 aliphatic carbocycles. The average molecular weight is 385 g/mol. The standard InChI is InChI=1S/C22H28N2S2/c1-21(2,3)19(17-13-9-7-10-14-17)23-25-26-24-20(22(4,5)6)18-15-11-8-12-16-18/h7-16H,1-6H3. The van der Waals surface area contributed by atoms with Crippen molar-refractivity contribution in [3.8, 4) is 0 Å². The first-order valence-electron chi connectivity index (χ1n) is 8.80. The van der Waals surface area contributed by atoms with Crippen molar-refractivity contribution in [2.75, 3.05) is 0 Å². The summed E-state index contributed by atoms with van der Waals surface area (Å²) in [4.78, 5) is 0. The van der Waals surface area contributed by atoms with E-state index in [1.54, 1.807) is 0 Å². The lowest BCUT2D eigenvalue weighted by Gasteiger charge is -2.22. The molecular formula is C22H28N2S2. The molecular weight excluding hydrogens is 356 g/mol. The lowest BCUT2D eigenvalue weighted by atomic mass is 9.86. The Morgan fingerprint density at radius 1 is 0.577 bits per heavy atom. The molecule has 0 saturated carbocycles. The fourth-order valence-electron chi connectivity index (χ4n) is 2.55. The zero-order valence-corrected chi connectivity index (χ0v) is 18.1. The molecule has 0 radical (unpaired) electrons. The van der Waals surface area contributed by atoms with Gasteiger partial charge in [-0.2, -0.15) is 0 Å². The van der Waals surface area contributed by atoms with Crippen LogP contribution >= 0.6 is 22.0 Å². The molecule has 0 unspecified atom stereocenters. The predicted molar refractivity (Wildman–Crippen MR) is 120 cm³/mol. The first-order chi connectivity index (χ1) is 12.2. The van der Waals surface area contributed by atoms with E-state index in [1.165, 1.54) is 22.0 Å². The van der Waals surface area contributed by atoms with Crippen LogP contribution in [0.2, 0.25) is 0 Å². The molecule has 2 rings (SSSR count). The first kappa shape index (κ1) is 20.8. The van der Waals surface area contributed by atoms with E-state index < -0.39 is 0 Å². The molecule has 0 aromatic heterocycles. The van der Waals surface area contributed by atoms with Crippen LogP contribution in [0.15, 0.2) is 69.5 Å². The Kier molecular flexibility index (Phi) is 7.13. The molecule has 0 amide bonds. The molecule has 2 aromatic rings. The number of rotatable bonds is 5. The highest BCUT2D eigenvalue weighted by Crippen LogP contribution is 2.33. The van der Waals surface area contributed by atoms with Gasteiger partial charge in [0.2, 0.25) is 0 Å². The minimum absolute atomic E-state index is 0.0229. The summed E-state index contributed by atoms with van der Waals surface area (Å²) in [6, 6.07) is 20.7. The number of benzene rings is 2. The van der Waals surface area contributed by atoms with E-state index in [0.717, 1.165) is 22.6 Å². The Labute approximate surface area is 166 Å². The zero-order valence-electron chi connectivity index (χ0n) is 16.5. The summed E-state index contributed by atoms with van der Waals surface area (Å²) >= 11 is 0. The van der Waals surface area contributed by atoms with Crippen LogP contribution in [0.1, 0.15) is 52.7 Å². The van der Waals surface area contributed by atoms with E-state index in [2.05, 4.69) is 90.1 Å². The molecule has 0 aliphatic rings. The highest BCUT2D eigenvalue weighted by atomic mass is 33.1. The van der Waals surface area contributed by atoms with Gasteiger partial charge in [-0.3, -0.25) is 0 Å². The highest BCUT2D eigenvalue weighted by Gasteiger charge is 2.22. The lowest BCUT2D eigenvalue weighted by Crippen LogP contribution is -2.21. The van der Waals surface area contributed by atoms with E-state index in [4.69, 9.17) is 8.80 Å². The fraction of sp³-hybridized carbons (Fsp3) is 0.364. The van der Waals surface area contributed by atoms with E-state index in [9.17, 15) is 0 Å². The van der Waals surface area contributed by atoms with Gasteiger partial charge in [0.15, 0.2) is 0 Å². The second kappa shape index (κ2) is 8.92. The van der Waals surface area contributed by atoms with Crippen molar-refractivity contribution in [3.63, 3.8) is 0 Å². The molecule has 0 aliphatic heterocycles. The van der Waals surface area contributed by atoms with Gasteiger partial charge in [-0.15, -0.1) is 0 Å². The maximum Gasteiger partial charge on any atom is 0.0685 e. The third-order valence-corrected chi connectivity index (χ3v) is 5.03. The SMILES string of the molecule is CC(C)(C)C(=NSSN=C(c1ccccc1)C(C)(C)C)c1ccccc1. The van der Waals surface area contributed by atoms with E-state index >= 15 is 0 Å². The van der Waals surface area contributed by atoms with Crippen LogP contribution in [0.5, 0.6) is 0 Å². The minimum Gasteiger partial charge on any atom is -0.207 e. The van der Waals surface area contributed by atoms with Gasteiger partial charge in [0.1, 0.15) is 0 Å². The third kappa shape index (κ3) is 6.03. The second-order valence-electron chi connectivity index (χ2n) is 8.26. The second-order valence-corrected chi connectivity index (χ2v) is 9.82. The molecule has 0 atom stereocenters. The number of hydrogen-bond acceptors (Lipinski definition) is 4. The molecule has 0 bridgehead atoms. The molecule has 0 N–H and O–H groups in total. The summed E-state index contributed by atoms with van der Waals surface area (Å²) < 4.78 is 9.60. The molecule has 4 heteroatoms. The Hall–Kier alpha value is -1.52. The topological polar surface area (TPSA) is 24.7 Å². The summed E-state index contributed by atoms with van der Waals surface area (Å²) in [6.07, 6.45) is 0. The highest BCUT2D eigenvalue weighted by molar-refractivity contribution is 8.75. The normalized spacial score (nSPS) is 13.8. The molecule has 2 aromatic carbocycles. The van der Waals surface area contributed by atoms with Crippen LogP contribution in [-0.4, -0.2) is 11.4 Å². The van der Waals surface area contributed by atoms with Crippen molar-refractivity contribution in [2.45, 2.75) is 41.5 Å². The lowest BCUT2D eigenvalue weighted by molar-refractivity contribution is 0.593. The Morgan fingerprint density at radius 3 is 1.15 bits per heavy atom. The van der Waals surface area contributed by atoms with Gasteiger partial charge in [0.25, 0.3) is 0 Å². The van der Waals surface area contributed by atoms with Crippen LogP contribution in [0, 0.1) is 10.8 Å². The molecule has 0 heterocycles. The third-order valence-electron chi connectivity index (χ3n) is 3.81. The Balaban J connectivity index is 2.21. The van der Waals surface area contributed by atoms with Crippen LogP contribution in [0.25, 0.3) is 0 Å². The summed E-state index contributed by atoms with van der Waals surface area (Å²) in [6.45, 7) is 13.2. The van der Waals surface area contributed by atoms with Gasteiger partial charge < -0.3 is 0 Å². The number of hydrogen-bond donors (Lipinski definition) is 0. The van der Waals surface area contributed by atoms with E-state index in [1.807, 2.05) is 12.1 Å². The van der Waals surface area contributed by atoms with Crippen LogP contribution in [0.4, 0.5) is 0 Å². The summed E-state index contributed by atoms with van der Waals surface area (Å²) in [5, 5.41) is 0. The summed E-state index contributed by atoms with van der Waals surface area (Å²) in [5.41, 5.74) is 4.45. The van der Waals surface area contributed by atoms with Crippen molar-refractivity contribution in [1.29, 1.82) is 0 Å².